The lowest BCUT2D eigenvalue weighted by Gasteiger charge is -2.18. The Morgan fingerprint density at radius 2 is 0.560 bits per heavy atom. The normalized spacial score (nSPS) is 12.9. The minimum Gasteiger partial charge on any atom is -0.462 e. The summed E-state index contributed by atoms with van der Waals surface area (Å²) in [6, 6.07) is 0. The number of hydrogen-bond donors (Lipinski definition) is 0. The van der Waals surface area contributed by atoms with E-state index in [2.05, 4.69) is 130 Å². The molecule has 0 aliphatic carbocycles. The first-order valence-electron chi connectivity index (χ1n) is 31.0. The molecule has 1 unspecified atom stereocenters. The fourth-order valence-corrected chi connectivity index (χ4v) is 8.39. The molecule has 0 aliphatic heterocycles. The molecular weight excluding hydrogens is 925 g/mol. The first-order chi connectivity index (χ1) is 37.0. The van der Waals surface area contributed by atoms with Crippen LogP contribution in [0.15, 0.2) is 122 Å². The van der Waals surface area contributed by atoms with Crippen LogP contribution in [0.3, 0.4) is 0 Å². The van der Waals surface area contributed by atoms with Gasteiger partial charge in [0.2, 0.25) is 0 Å². The molecular formula is C69H114O6. The van der Waals surface area contributed by atoms with E-state index in [0.29, 0.717) is 19.3 Å². The summed E-state index contributed by atoms with van der Waals surface area (Å²) in [6.45, 7) is 6.30. The van der Waals surface area contributed by atoms with Crippen LogP contribution in [0.1, 0.15) is 278 Å². The Bertz CT molecular complexity index is 1570. The van der Waals surface area contributed by atoms with Gasteiger partial charge in [-0.05, 0) is 109 Å². The zero-order chi connectivity index (χ0) is 54.3. The van der Waals surface area contributed by atoms with Gasteiger partial charge in [0.1, 0.15) is 13.2 Å². The van der Waals surface area contributed by atoms with E-state index >= 15 is 0 Å². The van der Waals surface area contributed by atoms with E-state index in [1.807, 2.05) is 6.08 Å². The molecule has 0 bridgehead atoms. The molecule has 6 nitrogen and oxygen atoms in total. The summed E-state index contributed by atoms with van der Waals surface area (Å²) >= 11 is 0. The van der Waals surface area contributed by atoms with Crippen molar-refractivity contribution < 1.29 is 28.6 Å². The second-order valence-corrected chi connectivity index (χ2v) is 20.2. The first-order valence-corrected chi connectivity index (χ1v) is 31.0. The van der Waals surface area contributed by atoms with Crippen molar-refractivity contribution in [2.45, 2.75) is 284 Å². The molecule has 0 saturated carbocycles. The maximum Gasteiger partial charge on any atom is 0.310 e. The van der Waals surface area contributed by atoms with E-state index in [9.17, 15) is 14.4 Å². The van der Waals surface area contributed by atoms with Crippen LogP contribution < -0.4 is 0 Å². The van der Waals surface area contributed by atoms with Crippen LogP contribution in [0, 0.1) is 0 Å². The summed E-state index contributed by atoms with van der Waals surface area (Å²) in [5, 5.41) is 0. The highest BCUT2D eigenvalue weighted by Gasteiger charge is 2.19. The molecule has 0 fully saturated rings. The Balaban J connectivity index is 4.30. The van der Waals surface area contributed by atoms with Crippen molar-refractivity contribution in [3.8, 4) is 0 Å². The van der Waals surface area contributed by atoms with Crippen molar-refractivity contribution in [1.82, 2.24) is 0 Å². The number of hydrogen-bond acceptors (Lipinski definition) is 6. The molecule has 75 heavy (non-hydrogen) atoms. The summed E-state index contributed by atoms with van der Waals surface area (Å²) in [4.78, 5) is 38.1. The van der Waals surface area contributed by atoms with Gasteiger partial charge < -0.3 is 14.2 Å². The highest BCUT2D eigenvalue weighted by atomic mass is 16.6. The molecule has 0 radical (unpaired) electrons. The van der Waals surface area contributed by atoms with Gasteiger partial charge in [0.05, 0.1) is 6.42 Å². The Hall–Kier alpha value is -4.19. The highest BCUT2D eigenvalue weighted by Crippen LogP contribution is 2.16. The maximum absolute atomic E-state index is 12.8. The number of carbonyl (C=O) groups is 3. The Morgan fingerprint density at radius 3 is 0.893 bits per heavy atom. The lowest BCUT2D eigenvalue weighted by atomic mass is 10.0. The van der Waals surface area contributed by atoms with Crippen LogP contribution in [-0.2, 0) is 28.6 Å². The van der Waals surface area contributed by atoms with Gasteiger partial charge in [0.15, 0.2) is 6.10 Å². The molecule has 0 heterocycles. The van der Waals surface area contributed by atoms with E-state index < -0.39 is 12.1 Å². The molecule has 0 N–H and O–H groups in total. The fraction of sp³-hybridized carbons (Fsp3) is 0.667. The van der Waals surface area contributed by atoms with Gasteiger partial charge in [0.25, 0.3) is 0 Å². The molecule has 0 amide bonds. The summed E-state index contributed by atoms with van der Waals surface area (Å²) in [5.74, 6) is -1.09. The second-order valence-electron chi connectivity index (χ2n) is 20.2. The predicted octanol–water partition coefficient (Wildman–Crippen LogP) is 21.2. The van der Waals surface area contributed by atoms with Gasteiger partial charge in [-0.1, -0.05) is 271 Å². The fourth-order valence-electron chi connectivity index (χ4n) is 8.39. The van der Waals surface area contributed by atoms with E-state index in [1.165, 1.54) is 135 Å². The van der Waals surface area contributed by atoms with E-state index in [0.717, 1.165) is 96.3 Å². The van der Waals surface area contributed by atoms with Gasteiger partial charge in [0, 0.05) is 12.8 Å². The van der Waals surface area contributed by atoms with Crippen molar-refractivity contribution in [1.29, 1.82) is 0 Å². The minimum absolute atomic E-state index is 0.0875. The SMILES string of the molecule is CC/C=C\C/C=C\C/C=C\C/C=C\C/C=C\CC(=O)OC(COC(=O)CCCCC/C=C\C/C=C\C/C=C\CC)COC(=O)CCCCCCCCCCCCCCCCCCC/C=C\C/C=C\CCCCCCC. The smallest absolute Gasteiger partial charge is 0.310 e. The number of esters is 3. The third-order valence-corrected chi connectivity index (χ3v) is 13.0. The third kappa shape index (κ3) is 60.6. The molecule has 0 aromatic carbocycles. The van der Waals surface area contributed by atoms with Gasteiger partial charge in [-0.2, -0.15) is 0 Å². The number of allylic oxidation sites excluding steroid dienone is 19. The molecule has 426 valence electrons. The topological polar surface area (TPSA) is 78.9 Å². The number of unbranched alkanes of at least 4 members (excludes halogenated alkanes) is 25. The lowest BCUT2D eigenvalue weighted by Crippen LogP contribution is -2.30. The zero-order valence-electron chi connectivity index (χ0n) is 48.8. The summed E-state index contributed by atoms with van der Waals surface area (Å²) < 4.78 is 16.7. The van der Waals surface area contributed by atoms with Gasteiger partial charge in [-0.15, -0.1) is 0 Å². The predicted molar refractivity (Wildman–Crippen MR) is 325 cm³/mol. The van der Waals surface area contributed by atoms with Crippen LogP contribution in [-0.4, -0.2) is 37.2 Å². The van der Waals surface area contributed by atoms with Crippen LogP contribution in [0.25, 0.3) is 0 Å². The van der Waals surface area contributed by atoms with E-state index in [4.69, 9.17) is 14.2 Å². The minimum atomic E-state index is -0.847. The van der Waals surface area contributed by atoms with Gasteiger partial charge in [-0.3, -0.25) is 14.4 Å². The average molecular weight is 1040 g/mol. The number of carbonyl (C=O) groups excluding carboxylic acids is 3. The quantitative estimate of drug-likeness (QED) is 0.0261. The highest BCUT2D eigenvalue weighted by molar-refractivity contribution is 5.72. The molecule has 0 saturated heterocycles. The van der Waals surface area contributed by atoms with Crippen molar-refractivity contribution in [3.63, 3.8) is 0 Å². The van der Waals surface area contributed by atoms with Crippen LogP contribution >= 0.6 is 0 Å². The Morgan fingerprint density at radius 1 is 0.293 bits per heavy atom. The average Bonchev–Trinajstić information content (AvgIpc) is 3.41. The standard InChI is InChI=1S/C69H114O6/c1-4-7-10-13-16-19-22-25-27-28-29-30-31-32-33-34-35-36-37-38-39-40-42-44-47-50-53-56-59-62-68(71)74-65-66(64-73-67(70)61-58-55-52-49-46-43-24-21-18-15-12-9-6-3)75-69(72)63-60-57-54-51-48-45-41-26-23-20-17-14-11-8-5-2/h8-9,11-12,17-18,20-22,25-26,28-29,41,43,46,48,51,57,60,66H,4-7,10,13-16,19,23-24,27,30-40,42,44-45,47,49-50,52-56,58-59,61-65H2,1-3H3/b11-8-,12-9-,20-17-,21-18-,25-22-,29-28-,41-26-,46-43-,51-48-,60-57-. The maximum atomic E-state index is 12.8. The molecule has 0 rings (SSSR count). The van der Waals surface area contributed by atoms with E-state index in [1.54, 1.807) is 6.08 Å². The van der Waals surface area contributed by atoms with Crippen molar-refractivity contribution >= 4 is 17.9 Å². The molecule has 0 spiro atoms. The summed E-state index contributed by atoms with van der Waals surface area (Å²) in [6.07, 6.45) is 86.8. The molecule has 0 aromatic rings. The largest absolute Gasteiger partial charge is 0.462 e. The molecule has 0 aromatic heterocycles. The zero-order valence-corrected chi connectivity index (χ0v) is 48.8. The van der Waals surface area contributed by atoms with Gasteiger partial charge >= 0.3 is 17.9 Å². The summed E-state index contributed by atoms with van der Waals surface area (Å²) in [5.41, 5.74) is 0. The second kappa shape index (κ2) is 62.4. The molecule has 6 heteroatoms. The third-order valence-electron chi connectivity index (χ3n) is 13.0. The molecule has 0 aliphatic rings. The van der Waals surface area contributed by atoms with Crippen molar-refractivity contribution in [2.24, 2.45) is 0 Å². The number of ether oxygens (including phenoxy) is 3. The summed E-state index contributed by atoms with van der Waals surface area (Å²) in [7, 11) is 0. The monoisotopic (exact) mass is 1040 g/mol. The Labute approximate surface area is 462 Å². The first kappa shape index (κ1) is 70.8. The number of rotatable bonds is 55. The lowest BCUT2D eigenvalue weighted by molar-refractivity contribution is -0.166. The Kier molecular flexibility index (Phi) is 58.9. The van der Waals surface area contributed by atoms with Crippen LogP contribution in [0.2, 0.25) is 0 Å². The van der Waals surface area contributed by atoms with Crippen LogP contribution in [0.5, 0.6) is 0 Å². The van der Waals surface area contributed by atoms with E-state index in [-0.39, 0.29) is 31.6 Å². The van der Waals surface area contributed by atoms with Crippen molar-refractivity contribution in [3.05, 3.63) is 122 Å². The van der Waals surface area contributed by atoms with Gasteiger partial charge in [-0.25, -0.2) is 0 Å². The molecule has 1 atom stereocenters. The van der Waals surface area contributed by atoms with Crippen molar-refractivity contribution in [2.75, 3.05) is 13.2 Å². The van der Waals surface area contributed by atoms with Crippen LogP contribution in [0.4, 0.5) is 0 Å².